The van der Waals surface area contributed by atoms with Gasteiger partial charge < -0.3 is 4.90 Å². The van der Waals surface area contributed by atoms with Gasteiger partial charge in [0.05, 0.1) is 11.2 Å². The van der Waals surface area contributed by atoms with Crippen LogP contribution in [-0.2, 0) is 0 Å². The number of benzene rings is 2. The molecular weight excluding hydrogens is 544 g/mol. The Hall–Kier alpha value is -3.94. The van der Waals surface area contributed by atoms with Crippen molar-refractivity contribution in [1.82, 2.24) is 24.6 Å². The third-order valence-corrected chi connectivity index (χ3v) is 9.23. The first-order valence-corrected chi connectivity index (χ1v) is 15.1. The molecule has 7 nitrogen and oxygen atoms in total. The van der Waals surface area contributed by atoms with Crippen molar-refractivity contribution in [2.24, 2.45) is 5.41 Å². The Morgan fingerprint density at radius 3 is 2.62 bits per heavy atom. The van der Waals surface area contributed by atoms with Crippen molar-refractivity contribution in [1.29, 1.82) is 0 Å². The average molecular weight is 579 g/mol. The van der Waals surface area contributed by atoms with Crippen molar-refractivity contribution in [3.05, 3.63) is 88.7 Å². The fourth-order valence-corrected chi connectivity index (χ4v) is 6.66. The third-order valence-electron chi connectivity index (χ3n) is 8.97. The van der Waals surface area contributed by atoms with Gasteiger partial charge in [-0.05, 0) is 78.3 Å². The maximum Gasteiger partial charge on any atom is 0.160 e. The smallest absolute Gasteiger partial charge is 0.160 e. The first-order chi connectivity index (χ1) is 20.4. The molecule has 4 heterocycles. The molecule has 0 saturated carbocycles. The second-order valence-corrected chi connectivity index (χ2v) is 12.8. The molecule has 1 aliphatic heterocycles. The van der Waals surface area contributed by atoms with Crippen molar-refractivity contribution >= 4 is 51.2 Å². The van der Waals surface area contributed by atoms with E-state index in [1.54, 1.807) is 11.8 Å². The van der Waals surface area contributed by atoms with Crippen molar-refractivity contribution in [2.75, 3.05) is 37.6 Å². The van der Waals surface area contributed by atoms with E-state index >= 15 is 0 Å². The highest BCUT2D eigenvalue weighted by atomic mass is 35.5. The Labute approximate surface area is 250 Å². The van der Waals surface area contributed by atoms with E-state index in [1.807, 2.05) is 35.1 Å². The Balaban J connectivity index is 1.11. The van der Waals surface area contributed by atoms with Crippen molar-refractivity contribution in [3.63, 3.8) is 0 Å². The van der Waals surface area contributed by atoms with Gasteiger partial charge in [0.1, 0.15) is 5.52 Å². The van der Waals surface area contributed by atoms with Gasteiger partial charge >= 0.3 is 0 Å². The van der Waals surface area contributed by atoms with Crippen LogP contribution in [0.1, 0.15) is 49.0 Å². The summed E-state index contributed by atoms with van der Waals surface area (Å²) >= 11 is 6.21. The predicted molar refractivity (Wildman–Crippen MR) is 171 cm³/mol. The van der Waals surface area contributed by atoms with Crippen LogP contribution >= 0.6 is 11.6 Å². The summed E-state index contributed by atoms with van der Waals surface area (Å²) in [5.41, 5.74) is 9.72. The Morgan fingerprint density at radius 1 is 1.02 bits per heavy atom. The number of piperazine rings is 1. The van der Waals surface area contributed by atoms with Gasteiger partial charge in [0.15, 0.2) is 11.9 Å². The van der Waals surface area contributed by atoms with E-state index in [0.717, 1.165) is 90.3 Å². The zero-order valence-electron chi connectivity index (χ0n) is 24.1. The maximum atomic E-state index is 12.1. The molecule has 3 aromatic heterocycles. The number of H-pyrrole nitrogens is 1. The zero-order chi connectivity index (χ0) is 28.8. The third kappa shape index (κ3) is 5.12. The topological polar surface area (TPSA) is 70.0 Å². The lowest BCUT2D eigenvalue weighted by molar-refractivity contribution is 0.112. The lowest BCUT2D eigenvalue weighted by Crippen LogP contribution is -2.47. The standard InChI is InChI=1S/C34H35ClN6O/c1-34(2)11-9-25(29(19-34)23-3-6-27(35)7-4-23)21-39-13-15-40(16-14-39)28-8-5-26(22-42)31(18-28)41-32-17-24-10-12-36-33(24)38-30(32)20-37-41/h3-8,10,12,17-18,20,22,37H,9,11,13-16,19,21H2,1-2H3. The van der Waals surface area contributed by atoms with Crippen LogP contribution in [0.3, 0.4) is 0 Å². The monoisotopic (exact) mass is 578 g/mol. The number of allylic oxidation sites excluding steroid dienone is 1. The summed E-state index contributed by atoms with van der Waals surface area (Å²) in [7, 11) is 0. The molecule has 7 rings (SSSR count). The van der Waals surface area contributed by atoms with Crippen LogP contribution in [0.5, 0.6) is 0 Å². The molecule has 8 heteroatoms. The minimum atomic E-state index is 0.313. The van der Waals surface area contributed by atoms with Gasteiger partial charge in [-0.15, -0.1) is 0 Å². The Kier molecular flexibility index (Phi) is 6.87. The van der Waals surface area contributed by atoms with Gasteiger partial charge in [0.25, 0.3) is 0 Å². The van der Waals surface area contributed by atoms with Crippen molar-refractivity contribution in [2.45, 2.75) is 33.1 Å². The second kappa shape index (κ2) is 10.7. The number of aromatic amines is 1. The molecular formula is C34H35ClN6O. The SMILES string of the molecule is CC1(C)CCC(CN2CCN(c3ccc(C=O)c(-n4[nH]cc5nc6nccc6cc54)c3)CC2)=C(c2ccc(Cl)cc2)C1. The van der Waals surface area contributed by atoms with Gasteiger partial charge in [-0.1, -0.05) is 43.2 Å². The number of aldehydes is 1. The largest absolute Gasteiger partial charge is 0.369 e. The quantitative estimate of drug-likeness (QED) is 0.217. The van der Waals surface area contributed by atoms with Gasteiger partial charge in [0.2, 0.25) is 0 Å². The number of anilines is 1. The molecule has 0 atom stereocenters. The number of hydrogen-bond acceptors (Lipinski definition) is 5. The fourth-order valence-electron chi connectivity index (χ4n) is 6.54. The van der Waals surface area contributed by atoms with Crippen LogP contribution in [0.4, 0.5) is 5.69 Å². The molecule has 0 radical (unpaired) electrons. The number of carbonyl (C=O) groups excluding carboxylic acids is 1. The Bertz CT molecular complexity index is 1810. The summed E-state index contributed by atoms with van der Waals surface area (Å²) in [5.74, 6) is 0. The summed E-state index contributed by atoms with van der Waals surface area (Å²) < 4.78 is 1.95. The van der Waals surface area contributed by atoms with E-state index in [0.29, 0.717) is 11.0 Å². The molecule has 1 saturated heterocycles. The number of aromatic nitrogens is 4. The number of nitrogens with one attached hydrogen (secondary N) is 1. The van der Waals surface area contributed by atoms with Crippen LogP contribution in [0.15, 0.2) is 72.6 Å². The second-order valence-electron chi connectivity index (χ2n) is 12.4. The highest BCUT2D eigenvalue weighted by Crippen LogP contribution is 2.43. The van der Waals surface area contributed by atoms with Crippen LogP contribution in [-0.4, -0.2) is 63.7 Å². The highest BCUT2D eigenvalue weighted by Gasteiger charge is 2.29. The zero-order valence-corrected chi connectivity index (χ0v) is 24.9. The number of nitrogens with zero attached hydrogens (tertiary/aromatic N) is 5. The van der Waals surface area contributed by atoms with Crippen LogP contribution < -0.4 is 4.90 Å². The van der Waals surface area contributed by atoms with Crippen molar-refractivity contribution < 1.29 is 4.79 Å². The van der Waals surface area contributed by atoms with Gasteiger partial charge in [-0.3, -0.25) is 19.5 Å². The summed E-state index contributed by atoms with van der Waals surface area (Å²) in [6, 6.07) is 18.5. The normalized spacial score (nSPS) is 17.8. The number of pyridine rings is 1. The van der Waals surface area contributed by atoms with Crippen LogP contribution in [0.2, 0.25) is 5.02 Å². The van der Waals surface area contributed by atoms with Crippen molar-refractivity contribution in [3.8, 4) is 5.69 Å². The fraction of sp³-hybridized carbons (Fsp3) is 0.324. The molecule has 1 fully saturated rings. The summed E-state index contributed by atoms with van der Waals surface area (Å²) in [4.78, 5) is 26.1. The number of fused-ring (bicyclic) bond motifs is 2. The summed E-state index contributed by atoms with van der Waals surface area (Å²) in [5, 5.41) is 5.07. The summed E-state index contributed by atoms with van der Waals surface area (Å²) in [6.45, 7) is 9.64. The maximum absolute atomic E-state index is 12.1. The van der Waals surface area contributed by atoms with Gasteiger partial charge in [-0.2, -0.15) is 0 Å². The molecule has 0 amide bonds. The molecule has 214 valence electrons. The van der Waals surface area contributed by atoms with E-state index in [-0.39, 0.29) is 0 Å². The molecule has 2 aromatic carbocycles. The minimum absolute atomic E-state index is 0.313. The lowest BCUT2D eigenvalue weighted by atomic mass is 9.72. The van der Waals surface area contributed by atoms with Crippen LogP contribution in [0.25, 0.3) is 33.3 Å². The van der Waals surface area contributed by atoms with Gasteiger partial charge in [0, 0.05) is 66.8 Å². The van der Waals surface area contributed by atoms with E-state index in [2.05, 4.69) is 69.0 Å². The number of carbonyl (C=O) groups is 1. The first kappa shape index (κ1) is 26.9. The highest BCUT2D eigenvalue weighted by molar-refractivity contribution is 6.30. The molecule has 0 spiro atoms. The van der Waals surface area contributed by atoms with E-state index < -0.39 is 0 Å². The number of hydrogen-bond donors (Lipinski definition) is 1. The van der Waals surface area contributed by atoms with E-state index in [1.165, 1.54) is 17.6 Å². The number of rotatable bonds is 6. The molecule has 1 N–H and O–H groups in total. The summed E-state index contributed by atoms with van der Waals surface area (Å²) in [6.07, 6.45) is 8.02. The molecule has 0 unspecified atom stereocenters. The van der Waals surface area contributed by atoms with Crippen LogP contribution in [0, 0.1) is 5.41 Å². The minimum Gasteiger partial charge on any atom is -0.369 e. The average Bonchev–Trinajstić information content (AvgIpc) is 3.63. The Morgan fingerprint density at radius 2 is 1.83 bits per heavy atom. The molecule has 1 aliphatic carbocycles. The lowest BCUT2D eigenvalue weighted by Gasteiger charge is -2.39. The molecule has 2 aliphatic rings. The van der Waals surface area contributed by atoms with E-state index in [4.69, 9.17) is 11.6 Å². The van der Waals surface area contributed by atoms with Gasteiger partial charge in [-0.25, -0.2) is 9.97 Å². The number of halogens is 1. The first-order valence-electron chi connectivity index (χ1n) is 14.7. The molecule has 42 heavy (non-hydrogen) atoms. The molecule has 5 aromatic rings. The van der Waals surface area contributed by atoms with E-state index in [9.17, 15) is 4.79 Å². The predicted octanol–water partition coefficient (Wildman–Crippen LogP) is 7.15. The molecule has 0 bridgehead atoms.